The van der Waals surface area contributed by atoms with Gasteiger partial charge in [0, 0.05) is 5.92 Å². The Kier molecular flexibility index (Phi) is 3.26. The molecule has 4 heteroatoms. The second-order valence-corrected chi connectivity index (χ2v) is 4.76. The SMILES string of the molecule is CC[C@@H]1C(=O)OC[C@H]1CC1C[NH2+]CN1C. The third-order valence-electron chi connectivity index (χ3n) is 3.81. The van der Waals surface area contributed by atoms with Crippen molar-refractivity contribution in [2.45, 2.75) is 25.8 Å². The molecule has 3 atom stereocenters. The number of carbonyl (C=O) groups is 1. The first-order chi connectivity index (χ1) is 7.22. The van der Waals surface area contributed by atoms with Crippen molar-refractivity contribution >= 4 is 5.97 Å². The molecule has 15 heavy (non-hydrogen) atoms. The molecule has 2 heterocycles. The van der Waals surface area contributed by atoms with Crippen molar-refractivity contribution < 1.29 is 14.8 Å². The molecule has 0 bridgehead atoms. The van der Waals surface area contributed by atoms with Gasteiger partial charge in [-0.2, -0.15) is 0 Å². The topological polar surface area (TPSA) is 46.1 Å². The molecule has 0 aromatic rings. The van der Waals surface area contributed by atoms with E-state index < -0.39 is 0 Å². The summed E-state index contributed by atoms with van der Waals surface area (Å²) < 4.78 is 5.15. The summed E-state index contributed by atoms with van der Waals surface area (Å²) >= 11 is 0. The van der Waals surface area contributed by atoms with Crippen molar-refractivity contribution in [3.8, 4) is 0 Å². The van der Waals surface area contributed by atoms with E-state index in [-0.39, 0.29) is 11.9 Å². The molecule has 0 aromatic heterocycles. The highest BCUT2D eigenvalue weighted by Gasteiger charge is 2.38. The predicted molar refractivity (Wildman–Crippen MR) is 56.1 cm³/mol. The average Bonchev–Trinajstić information content (AvgIpc) is 2.76. The van der Waals surface area contributed by atoms with Crippen LogP contribution in [0.15, 0.2) is 0 Å². The Morgan fingerprint density at radius 3 is 3.00 bits per heavy atom. The number of rotatable bonds is 3. The molecular formula is C11H21N2O2+. The molecule has 0 spiro atoms. The second-order valence-electron chi connectivity index (χ2n) is 4.76. The summed E-state index contributed by atoms with van der Waals surface area (Å²) in [4.78, 5) is 13.8. The van der Waals surface area contributed by atoms with Crippen LogP contribution in [0.2, 0.25) is 0 Å². The monoisotopic (exact) mass is 213 g/mol. The summed E-state index contributed by atoms with van der Waals surface area (Å²) in [7, 11) is 2.16. The van der Waals surface area contributed by atoms with E-state index in [0.717, 1.165) is 26.1 Å². The largest absolute Gasteiger partial charge is 0.465 e. The number of quaternary nitrogens is 1. The Morgan fingerprint density at radius 2 is 2.40 bits per heavy atom. The zero-order valence-corrected chi connectivity index (χ0v) is 9.61. The molecule has 0 saturated carbocycles. The van der Waals surface area contributed by atoms with Crippen molar-refractivity contribution in [1.29, 1.82) is 0 Å². The first kappa shape index (κ1) is 10.9. The van der Waals surface area contributed by atoms with Crippen LogP contribution in [0.3, 0.4) is 0 Å². The maximum absolute atomic E-state index is 11.4. The molecule has 0 aliphatic carbocycles. The van der Waals surface area contributed by atoms with Crippen LogP contribution in [0.4, 0.5) is 0 Å². The van der Waals surface area contributed by atoms with Gasteiger partial charge in [-0.05, 0) is 19.9 Å². The van der Waals surface area contributed by atoms with Gasteiger partial charge in [0.1, 0.15) is 6.67 Å². The summed E-state index contributed by atoms with van der Waals surface area (Å²) in [5.74, 6) is 0.618. The number of hydrogen-bond acceptors (Lipinski definition) is 3. The summed E-state index contributed by atoms with van der Waals surface area (Å²) in [6.45, 7) is 4.97. The fourth-order valence-electron chi connectivity index (χ4n) is 2.76. The van der Waals surface area contributed by atoms with E-state index in [1.807, 2.05) is 0 Å². The van der Waals surface area contributed by atoms with Crippen LogP contribution >= 0.6 is 0 Å². The van der Waals surface area contributed by atoms with Gasteiger partial charge in [0.2, 0.25) is 0 Å². The van der Waals surface area contributed by atoms with Gasteiger partial charge < -0.3 is 10.1 Å². The lowest BCUT2D eigenvalue weighted by atomic mass is 9.87. The van der Waals surface area contributed by atoms with Crippen LogP contribution in [0.25, 0.3) is 0 Å². The molecule has 1 unspecified atom stereocenters. The zero-order chi connectivity index (χ0) is 10.8. The molecule has 2 N–H and O–H groups in total. The van der Waals surface area contributed by atoms with Crippen LogP contribution in [0.5, 0.6) is 0 Å². The lowest BCUT2D eigenvalue weighted by molar-refractivity contribution is -0.643. The van der Waals surface area contributed by atoms with Crippen LogP contribution < -0.4 is 5.32 Å². The van der Waals surface area contributed by atoms with Crippen molar-refractivity contribution in [3.05, 3.63) is 0 Å². The van der Waals surface area contributed by atoms with Crippen molar-refractivity contribution in [1.82, 2.24) is 4.90 Å². The van der Waals surface area contributed by atoms with E-state index in [1.165, 1.54) is 0 Å². The van der Waals surface area contributed by atoms with E-state index in [4.69, 9.17) is 4.74 Å². The third-order valence-corrected chi connectivity index (χ3v) is 3.81. The normalized spacial score (nSPS) is 37.2. The molecule has 0 aromatic carbocycles. The van der Waals surface area contributed by atoms with E-state index in [1.54, 1.807) is 0 Å². The Bertz CT molecular complexity index is 245. The van der Waals surface area contributed by atoms with E-state index in [9.17, 15) is 4.79 Å². The molecule has 2 rings (SSSR count). The average molecular weight is 213 g/mol. The highest BCUT2D eigenvalue weighted by molar-refractivity contribution is 5.74. The van der Waals surface area contributed by atoms with Gasteiger partial charge in [0.05, 0.1) is 25.1 Å². The Morgan fingerprint density at radius 1 is 1.60 bits per heavy atom. The smallest absolute Gasteiger partial charge is 0.309 e. The molecule has 2 fully saturated rings. The number of ether oxygens (including phenoxy) is 1. The maximum atomic E-state index is 11.4. The highest BCUT2D eigenvalue weighted by atomic mass is 16.5. The quantitative estimate of drug-likeness (QED) is 0.637. The minimum Gasteiger partial charge on any atom is -0.465 e. The van der Waals surface area contributed by atoms with Gasteiger partial charge in [-0.1, -0.05) is 6.92 Å². The predicted octanol–water partition coefficient (Wildman–Crippen LogP) is -0.589. The van der Waals surface area contributed by atoms with Gasteiger partial charge in [-0.25, -0.2) is 0 Å². The molecule has 2 aliphatic heterocycles. The Balaban J connectivity index is 1.91. The van der Waals surface area contributed by atoms with Gasteiger partial charge in [-0.15, -0.1) is 0 Å². The van der Waals surface area contributed by atoms with Crippen LogP contribution in [0, 0.1) is 11.8 Å². The van der Waals surface area contributed by atoms with Gasteiger partial charge in [0.15, 0.2) is 0 Å². The highest BCUT2D eigenvalue weighted by Crippen LogP contribution is 2.29. The van der Waals surface area contributed by atoms with Crippen LogP contribution in [-0.2, 0) is 9.53 Å². The maximum Gasteiger partial charge on any atom is 0.309 e. The van der Waals surface area contributed by atoms with Gasteiger partial charge in [-0.3, -0.25) is 9.69 Å². The van der Waals surface area contributed by atoms with Crippen molar-refractivity contribution in [3.63, 3.8) is 0 Å². The first-order valence-electron chi connectivity index (χ1n) is 5.91. The number of nitrogens with two attached hydrogens (primary N) is 1. The molecule has 2 saturated heterocycles. The van der Waals surface area contributed by atoms with Gasteiger partial charge >= 0.3 is 5.97 Å². The minimum absolute atomic E-state index is 0.0205. The van der Waals surface area contributed by atoms with Crippen molar-refractivity contribution in [2.75, 3.05) is 26.9 Å². The van der Waals surface area contributed by atoms with Crippen molar-refractivity contribution in [2.24, 2.45) is 11.8 Å². The number of likely N-dealkylation sites (N-methyl/N-ethyl adjacent to an activating group) is 1. The fourth-order valence-corrected chi connectivity index (χ4v) is 2.76. The molecule has 2 aliphatic rings. The van der Waals surface area contributed by atoms with Gasteiger partial charge in [0.25, 0.3) is 0 Å². The molecule has 0 amide bonds. The fraction of sp³-hybridized carbons (Fsp3) is 0.909. The molecule has 86 valence electrons. The summed E-state index contributed by atoms with van der Waals surface area (Å²) in [5.41, 5.74) is 0. The summed E-state index contributed by atoms with van der Waals surface area (Å²) in [5, 5.41) is 2.32. The number of cyclic esters (lactones) is 1. The third kappa shape index (κ3) is 2.16. The lowest BCUT2D eigenvalue weighted by Gasteiger charge is -2.20. The summed E-state index contributed by atoms with van der Waals surface area (Å²) in [6, 6.07) is 0.624. The second kappa shape index (κ2) is 4.49. The van der Waals surface area contributed by atoms with E-state index >= 15 is 0 Å². The lowest BCUT2D eigenvalue weighted by Crippen LogP contribution is -2.82. The Labute approximate surface area is 91.0 Å². The van der Waals surface area contributed by atoms with E-state index in [2.05, 4.69) is 24.2 Å². The minimum atomic E-state index is 0.0205. The number of nitrogens with zero attached hydrogens (tertiary/aromatic N) is 1. The van der Waals surface area contributed by atoms with Crippen LogP contribution in [0.1, 0.15) is 19.8 Å². The summed E-state index contributed by atoms with van der Waals surface area (Å²) in [6.07, 6.45) is 2.03. The van der Waals surface area contributed by atoms with Crippen LogP contribution in [-0.4, -0.2) is 43.8 Å². The number of carbonyl (C=O) groups excluding carboxylic acids is 1. The molecule has 0 radical (unpaired) electrons. The number of hydrogen-bond donors (Lipinski definition) is 1. The molecule has 4 nitrogen and oxygen atoms in total. The van der Waals surface area contributed by atoms with E-state index in [0.29, 0.717) is 18.6 Å². The first-order valence-corrected chi connectivity index (χ1v) is 5.91. The number of esters is 1. The standard InChI is InChI=1S/C11H20N2O2/c1-3-10-8(6-15-11(10)14)4-9-5-12-7-13(9)2/h8-10,12H,3-7H2,1-2H3/p+1/t8-,9?,10+/m1/s1. The molecular weight excluding hydrogens is 192 g/mol. The zero-order valence-electron chi connectivity index (χ0n) is 9.61. The Hall–Kier alpha value is -0.610.